The predicted octanol–water partition coefficient (Wildman–Crippen LogP) is 1.39. The van der Waals surface area contributed by atoms with Gasteiger partial charge in [-0.2, -0.15) is 5.90 Å². The molecule has 13 heteroatoms. The highest BCUT2D eigenvalue weighted by Crippen LogP contribution is 2.30. The first kappa shape index (κ1) is 22.1. The number of imidazole rings is 1. The van der Waals surface area contributed by atoms with Crippen molar-refractivity contribution in [1.29, 1.82) is 0 Å². The molecule has 0 saturated carbocycles. The van der Waals surface area contributed by atoms with Crippen LogP contribution in [0.3, 0.4) is 0 Å². The number of fused-ring (bicyclic) bond motifs is 1. The molecular weight excluding hydrogens is 458 g/mol. The predicted molar refractivity (Wildman–Crippen MR) is 126 cm³/mol. The van der Waals surface area contributed by atoms with Crippen molar-refractivity contribution in [2.45, 2.75) is 6.54 Å². The van der Waals surface area contributed by atoms with Gasteiger partial charge in [0.1, 0.15) is 5.82 Å². The van der Waals surface area contributed by atoms with E-state index < -0.39 is 5.97 Å². The van der Waals surface area contributed by atoms with E-state index in [1.165, 1.54) is 12.4 Å². The van der Waals surface area contributed by atoms with Gasteiger partial charge in [-0.1, -0.05) is 6.07 Å². The highest BCUT2D eigenvalue weighted by Gasteiger charge is 2.23. The molecule has 34 heavy (non-hydrogen) atoms. The standard InChI is InChI=1S/C21H23N9O3S/c1-28(21-23-10-13(11-24-21)20(31)33-22)12-15-25-16-18(29(15)2)26-17(14-4-3-9-34-14)27-19(16)30-5-7-32-8-6-30/h3-4,9-11H,5-8,12,22H2,1-2H3. The van der Waals surface area contributed by atoms with Crippen LogP contribution in [0.5, 0.6) is 0 Å². The van der Waals surface area contributed by atoms with Crippen LogP contribution in [0.15, 0.2) is 29.9 Å². The normalized spacial score (nSPS) is 13.9. The number of carbonyl (C=O) groups is 1. The number of carbonyl (C=O) groups excluding carboxylic acids is 1. The van der Waals surface area contributed by atoms with Gasteiger partial charge in [0.15, 0.2) is 22.8 Å². The van der Waals surface area contributed by atoms with Crippen LogP contribution in [0.4, 0.5) is 11.8 Å². The topological polar surface area (TPSA) is 137 Å². The minimum absolute atomic E-state index is 0.175. The summed E-state index contributed by atoms with van der Waals surface area (Å²) in [4.78, 5) is 43.9. The van der Waals surface area contributed by atoms with Crippen LogP contribution in [-0.2, 0) is 23.2 Å². The van der Waals surface area contributed by atoms with Gasteiger partial charge < -0.3 is 23.9 Å². The molecule has 4 aromatic rings. The molecule has 0 spiro atoms. The molecule has 1 aliphatic heterocycles. The zero-order chi connectivity index (χ0) is 23.7. The van der Waals surface area contributed by atoms with Crippen molar-refractivity contribution >= 4 is 40.2 Å². The number of thiophene rings is 1. The number of hydrogen-bond donors (Lipinski definition) is 1. The van der Waals surface area contributed by atoms with Gasteiger partial charge in [-0.3, -0.25) is 0 Å². The van der Waals surface area contributed by atoms with E-state index in [1.54, 1.807) is 11.3 Å². The van der Waals surface area contributed by atoms with Gasteiger partial charge in [0, 0.05) is 39.6 Å². The summed E-state index contributed by atoms with van der Waals surface area (Å²) in [6.45, 7) is 3.20. The lowest BCUT2D eigenvalue weighted by atomic mass is 10.3. The maximum Gasteiger partial charge on any atom is 0.359 e. The molecule has 2 N–H and O–H groups in total. The Kier molecular flexibility index (Phi) is 6.04. The van der Waals surface area contributed by atoms with Crippen molar-refractivity contribution < 1.29 is 14.4 Å². The number of nitrogens with two attached hydrogens (primary N) is 1. The van der Waals surface area contributed by atoms with Gasteiger partial charge in [-0.05, 0) is 11.4 Å². The lowest BCUT2D eigenvalue weighted by molar-refractivity contribution is 0.0502. The van der Waals surface area contributed by atoms with Gasteiger partial charge in [0.2, 0.25) is 5.95 Å². The lowest BCUT2D eigenvalue weighted by Crippen LogP contribution is -2.37. The van der Waals surface area contributed by atoms with Gasteiger partial charge in [-0.15, -0.1) is 11.3 Å². The number of aromatic nitrogens is 6. The summed E-state index contributed by atoms with van der Waals surface area (Å²) in [6, 6.07) is 4.01. The Labute approximate surface area is 199 Å². The highest BCUT2D eigenvalue weighted by molar-refractivity contribution is 7.13. The van der Waals surface area contributed by atoms with Gasteiger partial charge >= 0.3 is 5.97 Å². The van der Waals surface area contributed by atoms with E-state index in [-0.39, 0.29) is 5.56 Å². The second-order valence-corrected chi connectivity index (χ2v) is 8.69. The van der Waals surface area contributed by atoms with E-state index in [4.69, 9.17) is 25.6 Å². The smallest absolute Gasteiger partial charge is 0.359 e. The Morgan fingerprint density at radius 3 is 2.68 bits per heavy atom. The fourth-order valence-corrected chi connectivity index (χ4v) is 4.38. The van der Waals surface area contributed by atoms with Crippen molar-refractivity contribution in [2.75, 3.05) is 43.2 Å². The Balaban J connectivity index is 1.50. The summed E-state index contributed by atoms with van der Waals surface area (Å²) < 4.78 is 7.50. The minimum atomic E-state index is -0.694. The molecule has 1 aliphatic rings. The van der Waals surface area contributed by atoms with Gasteiger partial charge in [0.05, 0.1) is 30.2 Å². The highest BCUT2D eigenvalue weighted by atomic mass is 32.1. The van der Waals surface area contributed by atoms with Crippen molar-refractivity contribution in [2.24, 2.45) is 12.9 Å². The van der Waals surface area contributed by atoms with E-state index in [0.717, 1.165) is 40.8 Å². The molecule has 0 aliphatic carbocycles. The number of morpholine rings is 1. The van der Waals surface area contributed by atoms with Crippen molar-refractivity contribution in [1.82, 2.24) is 29.5 Å². The number of ether oxygens (including phenoxy) is 1. The molecule has 1 saturated heterocycles. The monoisotopic (exact) mass is 481 g/mol. The number of aryl methyl sites for hydroxylation is 1. The molecular formula is C21H23N9O3S. The Hall–Kier alpha value is -3.68. The molecule has 0 amide bonds. The van der Waals surface area contributed by atoms with Gasteiger partial charge in [-0.25, -0.2) is 29.7 Å². The van der Waals surface area contributed by atoms with Crippen LogP contribution >= 0.6 is 11.3 Å². The van der Waals surface area contributed by atoms with Crippen LogP contribution in [0.1, 0.15) is 16.2 Å². The zero-order valence-corrected chi connectivity index (χ0v) is 19.5. The first-order valence-corrected chi connectivity index (χ1v) is 11.5. The first-order chi connectivity index (χ1) is 16.5. The molecule has 5 rings (SSSR count). The minimum Gasteiger partial charge on any atom is -0.378 e. The fourth-order valence-electron chi connectivity index (χ4n) is 3.72. The van der Waals surface area contributed by atoms with Crippen LogP contribution in [0, 0.1) is 0 Å². The largest absolute Gasteiger partial charge is 0.378 e. The van der Waals surface area contributed by atoms with Crippen LogP contribution in [-0.4, -0.2) is 68.8 Å². The fraction of sp³-hybridized carbons (Fsp3) is 0.333. The maximum absolute atomic E-state index is 11.5. The summed E-state index contributed by atoms with van der Waals surface area (Å²) in [5, 5.41) is 2.01. The second kappa shape index (κ2) is 9.29. The molecule has 0 aromatic carbocycles. The molecule has 0 atom stereocenters. The molecule has 1 fully saturated rings. The van der Waals surface area contributed by atoms with Gasteiger partial charge in [0.25, 0.3) is 0 Å². The molecule has 4 aromatic heterocycles. The third-order valence-corrected chi connectivity index (χ3v) is 6.41. The number of nitrogens with zero attached hydrogens (tertiary/aromatic N) is 8. The molecule has 0 bridgehead atoms. The summed E-state index contributed by atoms with van der Waals surface area (Å²) in [7, 11) is 3.79. The summed E-state index contributed by atoms with van der Waals surface area (Å²) in [5.41, 5.74) is 1.68. The molecule has 5 heterocycles. The lowest BCUT2D eigenvalue weighted by Gasteiger charge is -2.28. The van der Waals surface area contributed by atoms with E-state index in [1.807, 2.05) is 41.1 Å². The summed E-state index contributed by atoms with van der Waals surface area (Å²) in [5.74, 6) is 6.92. The molecule has 0 unspecified atom stereocenters. The third kappa shape index (κ3) is 4.16. The van der Waals surface area contributed by atoms with E-state index in [0.29, 0.717) is 31.5 Å². The van der Waals surface area contributed by atoms with Crippen molar-refractivity contribution in [3.63, 3.8) is 0 Å². The zero-order valence-electron chi connectivity index (χ0n) is 18.7. The van der Waals surface area contributed by atoms with E-state index >= 15 is 0 Å². The molecule has 0 radical (unpaired) electrons. The van der Waals surface area contributed by atoms with Crippen molar-refractivity contribution in [3.05, 3.63) is 41.3 Å². The molecule has 176 valence electrons. The van der Waals surface area contributed by atoms with Crippen molar-refractivity contribution in [3.8, 4) is 10.7 Å². The second-order valence-electron chi connectivity index (χ2n) is 7.74. The third-order valence-electron chi connectivity index (χ3n) is 5.55. The summed E-state index contributed by atoms with van der Waals surface area (Å²) >= 11 is 1.60. The Bertz CT molecular complexity index is 1300. The summed E-state index contributed by atoms with van der Waals surface area (Å²) in [6.07, 6.45) is 2.75. The van der Waals surface area contributed by atoms with Crippen LogP contribution < -0.4 is 15.7 Å². The van der Waals surface area contributed by atoms with Crippen LogP contribution in [0.2, 0.25) is 0 Å². The average molecular weight is 482 g/mol. The number of anilines is 2. The Morgan fingerprint density at radius 2 is 2.00 bits per heavy atom. The van der Waals surface area contributed by atoms with E-state index in [2.05, 4.69) is 19.7 Å². The number of rotatable bonds is 6. The molecule has 12 nitrogen and oxygen atoms in total. The van der Waals surface area contributed by atoms with Crippen LogP contribution in [0.25, 0.3) is 21.9 Å². The maximum atomic E-state index is 11.5. The quantitative estimate of drug-likeness (QED) is 0.400. The number of hydrogen-bond acceptors (Lipinski definition) is 12. The Morgan fingerprint density at radius 1 is 1.24 bits per heavy atom. The SMILES string of the molecule is CN(Cc1nc2c(N3CCOCC3)nc(-c3cccs3)nc2n1C)c1ncc(C(=O)ON)cn1. The van der Waals surface area contributed by atoms with E-state index in [9.17, 15) is 4.79 Å². The average Bonchev–Trinajstić information content (AvgIpc) is 3.52. The first-order valence-electron chi connectivity index (χ1n) is 10.6.